The summed E-state index contributed by atoms with van der Waals surface area (Å²) in [5.74, 6) is -0.458. The summed E-state index contributed by atoms with van der Waals surface area (Å²) >= 11 is 0. The number of para-hydroxylation sites is 1. The lowest BCUT2D eigenvalue weighted by Crippen LogP contribution is -2.44. The summed E-state index contributed by atoms with van der Waals surface area (Å²) in [7, 11) is -1.41. The van der Waals surface area contributed by atoms with Gasteiger partial charge in [0.2, 0.25) is 5.91 Å². The van der Waals surface area contributed by atoms with E-state index in [9.17, 15) is 13.2 Å². The van der Waals surface area contributed by atoms with Crippen LogP contribution in [0.25, 0.3) is 0 Å². The van der Waals surface area contributed by atoms with Crippen molar-refractivity contribution in [3.05, 3.63) is 30.3 Å². The zero-order valence-electron chi connectivity index (χ0n) is 12.3. The molecule has 0 fully saturated rings. The second-order valence-electron chi connectivity index (χ2n) is 5.01. The van der Waals surface area contributed by atoms with Crippen molar-refractivity contribution in [3.8, 4) is 0 Å². The van der Waals surface area contributed by atoms with Crippen LogP contribution in [0.4, 0.5) is 5.69 Å². The first kappa shape index (κ1) is 16.5. The summed E-state index contributed by atoms with van der Waals surface area (Å²) in [5, 5.41) is 1.66. The van der Waals surface area contributed by atoms with Gasteiger partial charge < -0.3 is 10.2 Å². The molecule has 0 radical (unpaired) electrons. The molecule has 0 saturated carbocycles. The highest BCUT2D eigenvalue weighted by molar-refractivity contribution is 7.92. The third-order valence-corrected chi connectivity index (χ3v) is 4.91. The number of sulfone groups is 1. The van der Waals surface area contributed by atoms with Crippen molar-refractivity contribution < 1.29 is 13.2 Å². The zero-order chi connectivity index (χ0) is 15.3. The van der Waals surface area contributed by atoms with Crippen molar-refractivity contribution in [2.75, 3.05) is 24.7 Å². The van der Waals surface area contributed by atoms with Crippen molar-refractivity contribution in [3.63, 3.8) is 0 Å². The molecule has 20 heavy (non-hydrogen) atoms. The fraction of sp³-hybridized carbons (Fsp3) is 0.500. The first-order valence-electron chi connectivity index (χ1n) is 6.48. The third kappa shape index (κ3) is 4.52. The standard InChI is InChI=1S/C14H22N2O3S/c1-11(16(3)13-8-6-5-7-9-13)10-15-14(17)12(2)20(4,18)19/h5-9,11-12H,10H2,1-4H3,(H,15,17)/t11-,12-/m0/s1. The van der Waals surface area contributed by atoms with Gasteiger partial charge in [0, 0.05) is 31.6 Å². The molecule has 0 aliphatic rings. The van der Waals surface area contributed by atoms with Gasteiger partial charge in [-0.3, -0.25) is 4.79 Å². The number of anilines is 1. The zero-order valence-corrected chi connectivity index (χ0v) is 13.1. The highest BCUT2D eigenvalue weighted by Gasteiger charge is 2.23. The van der Waals surface area contributed by atoms with Gasteiger partial charge in [0.15, 0.2) is 9.84 Å². The highest BCUT2D eigenvalue weighted by atomic mass is 32.2. The third-order valence-electron chi connectivity index (χ3n) is 3.41. The van der Waals surface area contributed by atoms with Crippen LogP contribution in [0.1, 0.15) is 13.8 Å². The van der Waals surface area contributed by atoms with E-state index in [1.807, 2.05) is 49.2 Å². The molecule has 1 aromatic carbocycles. The predicted octanol–water partition coefficient (Wildman–Crippen LogP) is 1.06. The topological polar surface area (TPSA) is 66.5 Å². The lowest BCUT2D eigenvalue weighted by atomic mass is 10.2. The van der Waals surface area contributed by atoms with E-state index >= 15 is 0 Å². The quantitative estimate of drug-likeness (QED) is 0.853. The van der Waals surface area contributed by atoms with Gasteiger partial charge in [-0.05, 0) is 26.0 Å². The van der Waals surface area contributed by atoms with Crippen LogP contribution < -0.4 is 10.2 Å². The van der Waals surface area contributed by atoms with E-state index < -0.39 is 21.0 Å². The average molecular weight is 298 g/mol. The lowest BCUT2D eigenvalue weighted by Gasteiger charge is -2.27. The van der Waals surface area contributed by atoms with Gasteiger partial charge in [-0.1, -0.05) is 18.2 Å². The van der Waals surface area contributed by atoms with Gasteiger partial charge in [0.1, 0.15) is 5.25 Å². The first-order chi connectivity index (χ1) is 9.23. The second-order valence-corrected chi connectivity index (χ2v) is 7.38. The molecule has 1 amide bonds. The van der Waals surface area contributed by atoms with Crippen LogP contribution in [0, 0.1) is 0 Å². The van der Waals surface area contributed by atoms with Gasteiger partial charge in [0.05, 0.1) is 0 Å². The second kappa shape index (κ2) is 6.74. The minimum absolute atomic E-state index is 0.0631. The SMILES string of the molecule is C[C@@H](CNC(=O)[C@H](C)S(C)(=O)=O)N(C)c1ccccc1. The molecule has 0 spiro atoms. The van der Waals surface area contributed by atoms with Gasteiger partial charge >= 0.3 is 0 Å². The van der Waals surface area contributed by atoms with E-state index in [0.29, 0.717) is 6.54 Å². The highest BCUT2D eigenvalue weighted by Crippen LogP contribution is 2.13. The molecule has 1 rings (SSSR count). The number of likely N-dealkylation sites (N-methyl/N-ethyl adjacent to an activating group) is 1. The number of hydrogen-bond acceptors (Lipinski definition) is 4. The Balaban J connectivity index is 2.56. The molecule has 0 aliphatic heterocycles. The van der Waals surface area contributed by atoms with Gasteiger partial charge in [-0.2, -0.15) is 0 Å². The number of rotatable bonds is 6. The molecule has 0 unspecified atom stereocenters. The summed E-state index contributed by atoms with van der Waals surface area (Å²) in [6.45, 7) is 3.76. The summed E-state index contributed by atoms with van der Waals surface area (Å²) in [6, 6.07) is 9.87. The summed E-state index contributed by atoms with van der Waals surface area (Å²) in [5.41, 5.74) is 1.05. The maximum absolute atomic E-state index is 11.7. The fourth-order valence-electron chi connectivity index (χ4n) is 1.64. The molecular formula is C14H22N2O3S. The number of nitrogens with one attached hydrogen (secondary N) is 1. The molecule has 0 aromatic heterocycles. The Hall–Kier alpha value is -1.56. The van der Waals surface area contributed by atoms with E-state index in [1.54, 1.807) is 0 Å². The molecule has 5 nitrogen and oxygen atoms in total. The van der Waals surface area contributed by atoms with Gasteiger partial charge in [-0.25, -0.2) is 8.42 Å². The average Bonchev–Trinajstić information content (AvgIpc) is 2.42. The molecule has 1 N–H and O–H groups in total. The smallest absolute Gasteiger partial charge is 0.238 e. The van der Waals surface area contributed by atoms with Crippen LogP contribution in [0.15, 0.2) is 30.3 Å². The normalized spacial score (nSPS) is 14.4. The van der Waals surface area contributed by atoms with E-state index in [2.05, 4.69) is 5.32 Å². The van der Waals surface area contributed by atoms with Crippen LogP contribution in [0.3, 0.4) is 0 Å². The predicted molar refractivity (Wildman–Crippen MR) is 81.6 cm³/mol. The molecule has 112 valence electrons. The summed E-state index contributed by atoms with van der Waals surface area (Å²) < 4.78 is 22.6. The molecule has 0 saturated heterocycles. The van der Waals surface area contributed by atoms with Crippen LogP contribution in [0.2, 0.25) is 0 Å². The van der Waals surface area contributed by atoms with E-state index in [4.69, 9.17) is 0 Å². The van der Waals surface area contributed by atoms with Crippen LogP contribution in [-0.4, -0.2) is 45.5 Å². The number of hydrogen-bond donors (Lipinski definition) is 1. The minimum atomic E-state index is -3.35. The molecule has 2 atom stereocenters. The monoisotopic (exact) mass is 298 g/mol. The van der Waals surface area contributed by atoms with Crippen LogP contribution >= 0.6 is 0 Å². The molecule has 1 aromatic rings. The summed E-state index contributed by atoms with van der Waals surface area (Å²) in [6.07, 6.45) is 1.07. The Labute approximate surface area is 120 Å². The van der Waals surface area contributed by atoms with Crippen LogP contribution in [0.5, 0.6) is 0 Å². The number of carbonyl (C=O) groups is 1. The van der Waals surface area contributed by atoms with Crippen molar-refractivity contribution in [2.24, 2.45) is 0 Å². The largest absolute Gasteiger partial charge is 0.370 e. The first-order valence-corrected chi connectivity index (χ1v) is 8.43. The van der Waals surface area contributed by atoms with Crippen molar-refractivity contribution in [1.82, 2.24) is 5.32 Å². The summed E-state index contributed by atoms with van der Waals surface area (Å²) in [4.78, 5) is 13.8. The van der Waals surface area contributed by atoms with Gasteiger partial charge in [0.25, 0.3) is 0 Å². The number of carbonyl (C=O) groups excluding carboxylic acids is 1. The molecule has 6 heteroatoms. The van der Waals surface area contributed by atoms with Crippen molar-refractivity contribution in [2.45, 2.75) is 25.1 Å². The fourth-order valence-corrected chi connectivity index (χ4v) is 2.11. The Morgan fingerprint density at radius 2 is 1.80 bits per heavy atom. The maximum atomic E-state index is 11.7. The Morgan fingerprint density at radius 1 is 1.25 bits per heavy atom. The molecule has 0 aliphatic carbocycles. The molecule has 0 bridgehead atoms. The van der Waals surface area contributed by atoms with Crippen LogP contribution in [-0.2, 0) is 14.6 Å². The lowest BCUT2D eigenvalue weighted by molar-refractivity contribution is -0.120. The number of benzene rings is 1. The maximum Gasteiger partial charge on any atom is 0.238 e. The molecule has 0 heterocycles. The minimum Gasteiger partial charge on any atom is -0.370 e. The Bertz CT molecular complexity index is 543. The molecular weight excluding hydrogens is 276 g/mol. The van der Waals surface area contributed by atoms with E-state index in [0.717, 1.165) is 11.9 Å². The van der Waals surface area contributed by atoms with Gasteiger partial charge in [-0.15, -0.1) is 0 Å². The van der Waals surface area contributed by atoms with E-state index in [1.165, 1.54) is 6.92 Å². The number of nitrogens with zero attached hydrogens (tertiary/aromatic N) is 1. The van der Waals surface area contributed by atoms with Crippen molar-refractivity contribution in [1.29, 1.82) is 0 Å². The Morgan fingerprint density at radius 3 is 2.30 bits per heavy atom. The van der Waals surface area contributed by atoms with E-state index in [-0.39, 0.29) is 6.04 Å². The number of amides is 1. The Kier molecular flexibility index (Phi) is 5.56. The van der Waals surface area contributed by atoms with Crippen molar-refractivity contribution >= 4 is 21.4 Å².